The topological polar surface area (TPSA) is 41.6 Å². The Labute approximate surface area is 99.2 Å². The molecule has 0 unspecified atom stereocenters. The average Bonchev–Trinajstić information content (AvgIpc) is 2.53. The predicted molar refractivity (Wildman–Crippen MR) is 63.5 cm³/mol. The first-order valence-corrected chi connectivity index (χ1v) is 6.14. The van der Waals surface area contributed by atoms with Crippen LogP contribution in [0.15, 0.2) is 4.60 Å². The number of hydrogen-bond donors (Lipinski definition) is 0. The molecule has 0 N–H and O–H groups in total. The highest BCUT2D eigenvalue weighted by Crippen LogP contribution is 2.20. The zero-order chi connectivity index (χ0) is 11.3. The number of nitriles is 1. The molecular weight excluding hydrogens is 254 g/mol. The van der Waals surface area contributed by atoms with Gasteiger partial charge in [-0.1, -0.05) is 13.8 Å². The molecule has 0 aliphatic heterocycles. The van der Waals surface area contributed by atoms with Gasteiger partial charge in [0.2, 0.25) is 0 Å². The molecule has 0 aliphatic carbocycles. The Hall–Kier alpha value is -0.820. The average molecular weight is 270 g/mol. The number of hydrogen-bond acceptors (Lipinski definition) is 2. The summed E-state index contributed by atoms with van der Waals surface area (Å²) in [6.07, 6.45) is 3.52. The van der Waals surface area contributed by atoms with E-state index >= 15 is 0 Å². The molecule has 0 saturated carbocycles. The van der Waals surface area contributed by atoms with Crippen LogP contribution in [0.1, 0.15) is 38.2 Å². The van der Waals surface area contributed by atoms with E-state index in [-0.39, 0.29) is 0 Å². The Morgan fingerprint density at radius 2 is 2.20 bits per heavy atom. The Kier molecular flexibility index (Phi) is 4.83. The van der Waals surface area contributed by atoms with Crippen molar-refractivity contribution in [3.63, 3.8) is 0 Å². The number of rotatable bonds is 5. The van der Waals surface area contributed by atoms with Crippen LogP contribution in [0.3, 0.4) is 0 Å². The summed E-state index contributed by atoms with van der Waals surface area (Å²) in [5, 5.41) is 8.60. The molecule has 0 radical (unpaired) electrons. The molecule has 1 aromatic heterocycles. The van der Waals surface area contributed by atoms with Crippen LogP contribution in [0, 0.1) is 11.3 Å². The fourth-order valence-electron chi connectivity index (χ4n) is 1.56. The van der Waals surface area contributed by atoms with E-state index in [0.717, 1.165) is 41.9 Å². The summed E-state index contributed by atoms with van der Waals surface area (Å²) in [6.45, 7) is 4.97. The molecule has 0 atom stereocenters. The highest BCUT2D eigenvalue weighted by molar-refractivity contribution is 9.10. The first-order chi connectivity index (χ1) is 7.24. The number of aromatic nitrogens is 2. The summed E-state index contributed by atoms with van der Waals surface area (Å²) in [5.41, 5.74) is 1.09. The molecule has 0 amide bonds. The molecule has 82 valence electrons. The standard InChI is InChI=1S/C11H16BrN3/c1-3-6-10-14-9(4-2)11(12)15(10)8-5-7-13/h3-6,8H2,1-2H3. The first-order valence-electron chi connectivity index (χ1n) is 5.35. The van der Waals surface area contributed by atoms with Gasteiger partial charge in [0, 0.05) is 13.0 Å². The van der Waals surface area contributed by atoms with Gasteiger partial charge in [0.25, 0.3) is 0 Å². The van der Waals surface area contributed by atoms with Crippen molar-refractivity contribution in [3.05, 3.63) is 16.1 Å². The second-order valence-corrected chi connectivity index (χ2v) is 4.18. The molecule has 3 nitrogen and oxygen atoms in total. The maximum absolute atomic E-state index is 8.60. The van der Waals surface area contributed by atoms with Gasteiger partial charge < -0.3 is 4.57 Å². The van der Waals surface area contributed by atoms with E-state index in [1.54, 1.807) is 0 Å². The van der Waals surface area contributed by atoms with Gasteiger partial charge in [0.15, 0.2) is 0 Å². The molecule has 1 aromatic rings. The van der Waals surface area contributed by atoms with Gasteiger partial charge in [0.1, 0.15) is 10.4 Å². The van der Waals surface area contributed by atoms with Crippen molar-refractivity contribution in [2.45, 2.75) is 46.1 Å². The summed E-state index contributed by atoms with van der Waals surface area (Å²) in [4.78, 5) is 4.58. The maximum atomic E-state index is 8.60. The SMILES string of the molecule is CCCc1nc(CC)c(Br)n1CCC#N. The Morgan fingerprint density at radius 1 is 1.47 bits per heavy atom. The van der Waals surface area contributed by atoms with Crippen LogP contribution in [0.2, 0.25) is 0 Å². The molecule has 0 aromatic carbocycles. The molecule has 1 rings (SSSR count). The minimum absolute atomic E-state index is 0.537. The lowest BCUT2D eigenvalue weighted by molar-refractivity contribution is 0.644. The van der Waals surface area contributed by atoms with Crippen molar-refractivity contribution in [1.29, 1.82) is 5.26 Å². The molecule has 0 bridgehead atoms. The number of halogens is 1. The van der Waals surface area contributed by atoms with Crippen LogP contribution in [0.4, 0.5) is 0 Å². The summed E-state index contributed by atoms with van der Waals surface area (Å²) >= 11 is 3.55. The maximum Gasteiger partial charge on any atom is 0.109 e. The van der Waals surface area contributed by atoms with E-state index in [1.807, 2.05) is 0 Å². The molecule has 1 heterocycles. The van der Waals surface area contributed by atoms with Crippen molar-refractivity contribution in [2.24, 2.45) is 0 Å². The molecular formula is C11H16BrN3. The molecule has 0 fully saturated rings. The predicted octanol–water partition coefficient (Wildman–Crippen LogP) is 3.07. The molecule has 0 spiro atoms. The van der Waals surface area contributed by atoms with Crippen molar-refractivity contribution in [2.75, 3.05) is 0 Å². The van der Waals surface area contributed by atoms with E-state index in [4.69, 9.17) is 5.26 Å². The lowest BCUT2D eigenvalue weighted by Crippen LogP contribution is -2.03. The lowest BCUT2D eigenvalue weighted by Gasteiger charge is -2.05. The first kappa shape index (κ1) is 12.3. The third-order valence-electron chi connectivity index (χ3n) is 2.31. The molecule has 0 saturated heterocycles. The van der Waals surface area contributed by atoms with E-state index < -0.39 is 0 Å². The van der Waals surface area contributed by atoms with Crippen LogP contribution in [-0.4, -0.2) is 9.55 Å². The quantitative estimate of drug-likeness (QED) is 0.825. The normalized spacial score (nSPS) is 10.3. The molecule has 0 aliphatic rings. The van der Waals surface area contributed by atoms with E-state index in [2.05, 4.69) is 45.4 Å². The van der Waals surface area contributed by atoms with Gasteiger partial charge in [-0.15, -0.1) is 0 Å². The van der Waals surface area contributed by atoms with Crippen LogP contribution in [0.5, 0.6) is 0 Å². The van der Waals surface area contributed by atoms with Crippen molar-refractivity contribution >= 4 is 15.9 Å². The highest BCUT2D eigenvalue weighted by Gasteiger charge is 2.12. The lowest BCUT2D eigenvalue weighted by atomic mass is 10.3. The van der Waals surface area contributed by atoms with Crippen molar-refractivity contribution in [3.8, 4) is 6.07 Å². The van der Waals surface area contributed by atoms with Crippen molar-refractivity contribution in [1.82, 2.24) is 9.55 Å². The largest absolute Gasteiger partial charge is 0.321 e. The third-order valence-corrected chi connectivity index (χ3v) is 3.19. The third kappa shape index (κ3) is 2.82. The smallest absolute Gasteiger partial charge is 0.109 e. The van der Waals surface area contributed by atoms with Gasteiger partial charge in [-0.2, -0.15) is 5.26 Å². The van der Waals surface area contributed by atoms with E-state index in [0.29, 0.717) is 6.42 Å². The monoisotopic (exact) mass is 269 g/mol. The van der Waals surface area contributed by atoms with E-state index in [9.17, 15) is 0 Å². The summed E-state index contributed by atoms with van der Waals surface area (Å²) in [6, 6.07) is 2.17. The number of aryl methyl sites for hydroxylation is 2. The van der Waals surface area contributed by atoms with Gasteiger partial charge in [-0.3, -0.25) is 0 Å². The summed E-state index contributed by atoms with van der Waals surface area (Å²) < 4.78 is 3.16. The zero-order valence-corrected chi connectivity index (χ0v) is 10.8. The second-order valence-electron chi connectivity index (χ2n) is 3.43. The van der Waals surface area contributed by atoms with Gasteiger partial charge >= 0.3 is 0 Å². The number of imidazole rings is 1. The summed E-state index contributed by atoms with van der Waals surface area (Å²) in [5.74, 6) is 1.09. The van der Waals surface area contributed by atoms with E-state index in [1.165, 1.54) is 0 Å². The van der Waals surface area contributed by atoms with Crippen LogP contribution >= 0.6 is 15.9 Å². The minimum Gasteiger partial charge on any atom is -0.321 e. The zero-order valence-electron chi connectivity index (χ0n) is 9.26. The van der Waals surface area contributed by atoms with Gasteiger partial charge in [-0.05, 0) is 28.8 Å². The second kappa shape index (κ2) is 5.92. The minimum atomic E-state index is 0.537. The molecule has 15 heavy (non-hydrogen) atoms. The Morgan fingerprint density at radius 3 is 2.73 bits per heavy atom. The van der Waals surface area contributed by atoms with Crippen molar-refractivity contribution < 1.29 is 0 Å². The van der Waals surface area contributed by atoms with Gasteiger partial charge in [-0.25, -0.2) is 4.98 Å². The Balaban J connectivity index is 2.97. The fraction of sp³-hybridized carbons (Fsp3) is 0.636. The van der Waals surface area contributed by atoms with Gasteiger partial charge in [0.05, 0.1) is 18.2 Å². The fourth-order valence-corrected chi connectivity index (χ4v) is 2.31. The van der Waals surface area contributed by atoms with Crippen LogP contribution in [0.25, 0.3) is 0 Å². The Bertz CT molecular complexity index is 363. The number of nitrogens with zero attached hydrogens (tertiary/aromatic N) is 3. The van der Waals surface area contributed by atoms with Crippen LogP contribution < -0.4 is 0 Å². The highest BCUT2D eigenvalue weighted by atomic mass is 79.9. The molecule has 4 heteroatoms. The summed E-state index contributed by atoms with van der Waals surface area (Å²) in [7, 11) is 0. The van der Waals surface area contributed by atoms with Crippen LogP contribution in [-0.2, 0) is 19.4 Å².